The Labute approximate surface area is 116 Å². The van der Waals surface area contributed by atoms with Crippen molar-refractivity contribution in [2.45, 2.75) is 19.1 Å². The zero-order valence-corrected chi connectivity index (χ0v) is 11.9. The molecule has 0 aliphatic carbocycles. The van der Waals surface area contributed by atoms with Crippen molar-refractivity contribution in [1.82, 2.24) is 9.88 Å². The van der Waals surface area contributed by atoms with Crippen molar-refractivity contribution in [3.8, 4) is 0 Å². The van der Waals surface area contributed by atoms with Gasteiger partial charge in [0, 0.05) is 18.8 Å². The van der Waals surface area contributed by atoms with Crippen molar-refractivity contribution in [3.63, 3.8) is 0 Å². The third-order valence-corrected chi connectivity index (χ3v) is 3.64. The minimum atomic E-state index is 0.0942. The van der Waals surface area contributed by atoms with Crippen molar-refractivity contribution >= 4 is 34.5 Å². The zero-order valence-electron chi connectivity index (χ0n) is 11.0. The summed E-state index contributed by atoms with van der Waals surface area (Å²) in [5.41, 5.74) is 7.74. The summed E-state index contributed by atoms with van der Waals surface area (Å²) >= 11 is 1.31. The smallest absolute Gasteiger partial charge is 0.257 e. The van der Waals surface area contributed by atoms with Gasteiger partial charge in [-0.15, -0.1) is 0 Å². The summed E-state index contributed by atoms with van der Waals surface area (Å²) < 4.78 is 5.55. The van der Waals surface area contributed by atoms with Crippen molar-refractivity contribution in [2.24, 2.45) is 0 Å². The number of amides is 1. The highest BCUT2D eigenvalue weighted by Gasteiger charge is 2.13. The van der Waals surface area contributed by atoms with Crippen LogP contribution in [0.3, 0.4) is 0 Å². The number of carbonyl (C=O) groups excluding carboxylic acids is 1. The van der Waals surface area contributed by atoms with Gasteiger partial charge in [0.2, 0.25) is 5.91 Å². The van der Waals surface area contributed by atoms with Gasteiger partial charge >= 0.3 is 0 Å². The first-order valence-corrected chi connectivity index (χ1v) is 7.19. The van der Waals surface area contributed by atoms with Gasteiger partial charge in [-0.2, -0.15) is 0 Å². The minimum absolute atomic E-state index is 0.0942. The van der Waals surface area contributed by atoms with Crippen molar-refractivity contribution in [1.29, 1.82) is 0 Å². The van der Waals surface area contributed by atoms with E-state index in [1.807, 2.05) is 13.8 Å². The first-order chi connectivity index (χ1) is 9.13. The van der Waals surface area contributed by atoms with E-state index in [4.69, 9.17) is 10.2 Å². The molecule has 1 heterocycles. The quantitative estimate of drug-likeness (QED) is 0.672. The molecule has 0 fully saturated rings. The van der Waals surface area contributed by atoms with Crippen LogP contribution in [0.1, 0.15) is 13.8 Å². The number of nitrogens with two attached hydrogens (primary N) is 1. The highest BCUT2D eigenvalue weighted by molar-refractivity contribution is 7.99. The van der Waals surface area contributed by atoms with Crippen LogP contribution in [-0.4, -0.2) is 34.6 Å². The topological polar surface area (TPSA) is 72.4 Å². The van der Waals surface area contributed by atoms with E-state index in [1.165, 1.54) is 11.8 Å². The molecule has 6 heteroatoms. The Morgan fingerprint density at radius 2 is 2.16 bits per heavy atom. The molecule has 0 saturated carbocycles. The van der Waals surface area contributed by atoms with Gasteiger partial charge in [-0.3, -0.25) is 4.79 Å². The molecule has 1 aromatic heterocycles. The molecule has 2 N–H and O–H groups in total. The fourth-order valence-electron chi connectivity index (χ4n) is 1.78. The van der Waals surface area contributed by atoms with E-state index >= 15 is 0 Å². The number of aromatic nitrogens is 1. The first kappa shape index (κ1) is 13.7. The highest BCUT2D eigenvalue weighted by Crippen LogP contribution is 2.24. The molecule has 2 aromatic rings. The Morgan fingerprint density at radius 3 is 2.84 bits per heavy atom. The number of nitrogens with zero attached hydrogens (tertiary/aromatic N) is 2. The molecular weight excluding hydrogens is 262 g/mol. The summed E-state index contributed by atoms with van der Waals surface area (Å²) in [6, 6.07) is 5.31. The summed E-state index contributed by atoms with van der Waals surface area (Å²) in [5, 5.41) is 0.501. The van der Waals surface area contributed by atoms with Crippen LogP contribution in [0, 0.1) is 0 Å². The molecule has 1 amide bonds. The van der Waals surface area contributed by atoms with Crippen LogP contribution in [0.2, 0.25) is 0 Å². The molecule has 0 spiro atoms. The summed E-state index contributed by atoms with van der Waals surface area (Å²) in [6.07, 6.45) is 0. The average Bonchev–Trinajstić information content (AvgIpc) is 2.79. The highest BCUT2D eigenvalue weighted by atomic mass is 32.2. The molecule has 19 heavy (non-hydrogen) atoms. The van der Waals surface area contributed by atoms with Crippen LogP contribution in [-0.2, 0) is 4.79 Å². The number of anilines is 1. The number of hydrogen-bond donors (Lipinski definition) is 1. The Morgan fingerprint density at radius 1 is 1.42 bits per heavy atom. The maximum absolute atomic E-state index is 11.9. The van der Waals surface area contributed by atoms with Gasteiger partial charge in [0.05, 0.1) is 5.75 Å². The van der Waals surface area contributed by atoms with Gasteiger partial charge < -0.3 is 15.1 Å². The Bertz CT molecular complexity index is 578. The Hall–Kier alpha value is -1.69. The third-order valence-electron chi connectivity index (χ3n) is 2.83. The van der Waals surface area contributed by atoms with E-state index in [1.54, 1.807) is 23.1 Å². The molecule has 0 radical (unpaired) electrons. The molecule has 0 bridgehead atoms. The van der Waals surface area contributed by atoms with E-state index in [9.17, 15) is 4.79 Å². The molecular formula is C13H17N3O2S. The van der Waals surface area contributed by atoms with Crippen LogP contribution >= 0.6 is 11.8 Å². The number of carbonyl (C=O) groups is 1. The molecule has 0 unspecified atom stereocenters. The van der Waals surface area contributed by atoms with E-state index in [-0.39, 0.29) is 5.91 Å². The van der Waals surface area contributed by atoms with E-state index in [2.05, 4.69) is 4.98 Å². The SMILES string of the molecule is CCN(CC)C(=O)CSc1nc2cc(N)ccc2o1. The van der Waals surface area contributed by atoms with E-state index in [0.717, 1.165) is 18.6 Å². The first-order valence-electron chi connectivity index (χ1n) is 6.20. The minimum Gasteiger partial charge on any atom is -0.431 e. The van der Waals surface area contributed by atoms with Gasteiger partial charge in [0.25, 0.3) is 5.22 Å². The number of thioether (sulfide) groups is 1. The van der Waals surface area contributed by atoms with Gasteiger partial charge in [-0.1, -0.05) is 11.8 Å². The van der Waals surface area contributed by atoms with Crippen molar-refractivity contribution in [2.75, 3.05) is 24.6 Å². The monoisotopic (exact) mass is 279 g/mol. The molecule has 0 aliphatic rings. The van der Waals surface area contributed by atoms with Crippen LogP contribution in [0.15, 0.2) is 27.8 Å². The lowest BCUT2D eigenvalue weighted by atomic mass is 10.3. The average molecular weight is 279 g/mol. The summed E-state index contributed by atoms with van der Waals surface area (Å²) in [7, 11) is 0. The molecule has 0 atom stereocenters. The molecule has 1 aromatic carbocycles. The summed E-state index contributed by atoms with van der Waals surface area (Å²) in [4.78, 5) is 18.0. The predicted molar refractivity (Wildman–Crippen MR) is 77.1 cm³/mol. The second-order valence-electron chi connectivity index (χ2n) is 4.06. The Balaban J connectivity index is 2.03. The van der Waals surface area contributed by atoms with Crippen LogP contribution in [0.4, 0.5) is 5.69 Å². The number of benzene rings is 1. The van der Waals surface area contributed by atoms with E-state index < -0.39 is 0 Å². The van der Waals surface area contributed by atoms with Gasteiger partial charge in [-0.05, 0) is 32.0 Å². The van der Waals surface area contributed by atoms with Crippen molar-refractivity contribution in [3.05, 3.63) is 18.2 Å². The predicted octanol–water partition coefficient (Wildman–Crippen LogP) is 2.37. The van der Waals surface area contributed by atoms with Crippen molar-refractivity contribution < 1.29 is 9.21 Å². The number of rotatable bonds is 5. The van der Waals surface area contributed by atoms with Gasteiger partial charge in [-0.25, -0.2) is 4.98 Å². The van der Waals surface area contributed by atoms with Gasteiger partial charge in [0.15, 0.2) is 5.58 Å². The summed E-state index contributed by atoms with van der Waals surface area (Å²) in [6.45, 7) is 5.38. The molecule has 5 nitrogen and oxygen atoms in total. The molecule has 0 aliphatic heterocycles. The second-order valence-corrected chi connectivity index (χ2v) is 4.99. The molecule has 0 saturated heterocycles. The Kier molecular flexibility index (Phi) is 4.31. The van der Waals surface area contributed by atoms with Crippen LogP contribution in [0.25, 0.3) is 11.1 Å². The number of oxazole rings is 1. The largest absolute Gasteiger partial charge is 0.431 e. The lowest BCUT2D eigenvalue weighted by Crippen LogP contribution is -2.31. The molecule has 102 valence electrons. The van der Waals surface area contributed by atoms with Crippen LogP contribution in [0.5, 0.6) is 0 Å². The number of fused-ring (bicyclic) bond motifs is 1. The lowest BCUT2D eigenvalue weighted by Gasteiger charge is -2.17. The fourth-order valence-corrected chi connectivity index (χ4v) is 2.52. The van der Waals surface area contributed by atoms with Crippen LogP contribution < -0.4 is 5.73 Å². The normalized spacial score (nSPS) is 10.8. The second kappa shape index (κ2) is 5.97. The lowest BCUT2D eigenvalue weighted by molar-refractivity contribution is -0.127. The third kappa shape index (κ3) is 3.20. The summed E-state index contributed by atoms with van der Waals surface area (Å²) in [5.74, 6) is 0.432. The number of hydrogen-bond acceptors (Lipinski definition) is 5. The molecule has 2 rings (SSSR count). The zero-order chi connectivity index (χ0) is 13.8. The maximum atomic E-state index is 11.9. The standard InChI is InChI=1S/C13H17N3O2S/c1-3-16(4-2)12(17)8-19-13-15-10-7-9(14)5-6-11(10)18-13/h5-7H,3-4,8,14H2,1-2H3. The fraction of sp³-hybridized carbons (Fsp3) is 0.385. The van der Waals surface area contributed by atoms with Gasteiger partial charge in [0.1, 0.15) is 5.52 Å². The van der Waals surface area contributed by atoms with E-state index in [0.29, 0.717) is 22.2 Å². The number of nitrogen functional groups attached to an aromatic ring is 1. The maximum Gasteiger partial charge on any atom is 0.257 e.